The molecule has 0 atom stereocenters. The highest BCUT2D eigenvalue weighted by Crippen LogP contribution is 2.09. The van der Waals surface area contributed by atoms with Gasteiger partial charge in [0.1, 0.15) is 5.75 Å². The number of nitrogens with one attached hydrogen (secondary N) is 1. The number of hydrogen-bond acceptors (Lipinski definition) is 4. The lowest BCUT2D eigenvalue weighted by Gasteiger charge is -2.06. The van der Waals surface area contributed by atoms with E-state index in [0.717, 1.165) is 12.0 Å². The molecule has 0 aliphatic carbocycles. The lowest BCUT2D eigenvalue weighted by atomic mass is 10.2. The van der Waals surface area contributed by atoms with Gasteiger partial charge in [0, 0.05) is 11.4 Å². The molecule has 2 aromatic rings. The van der Waals surface area contributed by atoms with Gasteiger partial charge in [-0.1, -0.05) is 35.9 Å². The van der Waals surface area contributed by atoms with Crippen LogP contribution in [0.3, 0.4) is 0 Å². The summed E-state index contributed by atoms with van der Waals surface area (Å²) in [5.74, 6) is -1.01. The van der Waals surface area contributed by atoms with Crippen LogP contribution in [-0.4, -0.2) is 26.6 Å². The van der Waals surface area contributed by atoms with Crippen molar-refractivity contribution in [2.75, 3.05) is 12.3 Å². The minimum atomic E-state index is -3.44. The normalized spacial score (nSPS) is 11.3. The molecule has 0 bridgehead atoms. The number of aryl methyl sites for hydroxylation is 1. The molecule has 0 radical (unpaired) electrons. The third-order valence-corrected chi connectivity index (χ3v) is 5.54. The van der Waals surface area contributed by atoms with Crippen molar-refractivity contribution in [2.24, 2.45) is 0 Å². The van der Waals surface area contributed by atoms with Crippen molar-refractivity contribution in [3.05, 3.63) is 57.8 Å². The first-order valence-corrected chi connectivity index (χ1v) is 9.70. The summed E-state index contributed by atoms with van der Waals surface area (Å²) < 4.78 is 24.1. The second-order valence-corrected chi connectivity index (χ2v) is 8.29. The number of hydrogen-bond donors (Lipinski definition) is 1. The zero-order valence-electron chi connectivity index (χ0n) is 12.4. The fourth-order valence-electron chi connectivity index (χ4n) is 2.02. The molecule has 0 spiro atoms. The quantitative estimate of drug-likeness (QED) is 0.843. The number of carbonyl (C=O) groups excluding carboxylic acids is 1. The Kier molecular flexibility index (Phi) is 5.74. The van der Waals surface area contributed by atoms with Gasteiger partial charge in [-0.2, -0.15) is 0 Å². The molecule has 1 N–H and O–H groups in total. The van der Waals surface area contributed by atoms with Crippen molar-refractivity contribution >= 4 is 27.1 Å². The van der Waals surface area contributed by atoms with Crippen LogP contribution in [0.5, 0.6) is 0 Å². The Morgan fingerprint density at radius 1 is 1.18 bits per heavy atom. The summed E-state index contributed by atoms with van der Waals surface area (Å²) in [6, 6.07) is 11.2. The van der Waals surface area contributed by atoms with Crippen molar-refractivity contribution in [2.45, 2.75) is 19.1 Å². The van der Waals surface area contributed by atoms with E-state index >= 15 is 0 Å². The zero-order valence-corrected chi connectivity index (χ0v) is 14.0. The van der Waals surface area contributed by atoms with E-state index in [1.54, 1.807) is 23.5 Å². The molecule has 22 heavy (non-hydrogen) atoms. The van der Waals surface area contributed by atoms with Gasteiger partial charge in [0.2, 0.25) is 5.91 Å². The van der Waals surface area contributed by atoms with Crippen molar-refractivity contribution in [1.82, 2.24) is 5.32 Å². The van der Waals surface area contributed by atoms with Gasteiger partial charge in [0.25, 0.3) is 0 Å². The Morgan fingerprint density at radius 2 is 1.91 bits per heavy atom. The highest BCUT2D eigenvalue weighted by molar-refractivity contribution is 7.91. The summed E-state index contributed by atoms with van der Waals surface area (Å²) in [6.45, 7) is 2.40. The molecular weight excluding hydrogens is 318 g/mol. The number of thiophene rings is 1. The van der Waals surface area contributed by atoms with Crippen LogP contribution in [0.2, 0.25) is 0 Å². The van der Waals surface area contributed by atoms with Crippen LogP contribution < -0.4 is 5.32 Å². The van der Waals surface area contributed by atoms with Crippen LogP contribution in [0.25, 0.3) is 0 Å². The number of carbonyl (C=O) groups is 1. The van der Waals surface area contributed by atoms with Crippen LogP contribution >= 0.6 is 11.3 Å². The van der Waals surface area contributed by atoms with Gasteiger partial charge < -0.3 is 5.32 Å². The summed E-state index contributed by atoms with van der Waals surface area (Å²) in [4.78, 5) is 12.9. The smallest absolute Gasteiger partial charge is 0.235 e. The third-order valence-electron chi connectivity index (χ3n) is 3.13. The van der Waals surface area contributed by atoms with Gasteiger partial charge >= 0.3 is 0 Å². The molecular formula is C16H19NO3S2. The minimum absolute atomic E-state index is 0.106. The first-order valence-electron chi connectivity index (χ1n) is 7.00. The summed E-state index contributed by atoms with van der Waals surface area (Å²) in [7, 11) is -3.44. The Balaban J connectivity index is 1.80. The van der Waals surface area contributed by atoms with Crippen LogP contribution in [0.1, 0.15) is 16.0 Å². The molecule has 0 saturated heterocycles. The summed E-state index contributed by atoms with van der Waals surface area (Å²) in [5.41, 5.74) is 1.78. The molecule has 0 aliphatic rings. The maximum Gasteiger partial charge on any atom is 0.235 e. The first-order chi connectivity index (χ1) is 10.4. The highest BCUT2D eigenvalue weighted by atomic mass is 32.2. The number of benzene rings is 1. The Hall–Kier alpha value is -1.66. The van der Waals surface area contributed by atoms with E-state index in [4.69, 9.17) is 0 Å². The second-order valence-electron chi connectivity index (χ2n) is 5.20. The molecule has 1 amide bonds. The summed E-state index contributed by atoms with van der Waals surface area (Å²) >= 11 is 1.62. The predicted octanol–water partition coefficient (Wildman–Crippen LogP) is 2.33. The van der Waals surface area contributed by atoms with Gasteiger partial charge in [0.15, 0.2) is 9.84 Å². The second kappa shape index (κ2) is 7.56. The number of rotatable bonds is 7. The fourth-order valence-corrected chi connectivity index (χ4v) is 4.03. The Bertz CT molecular complexity index is 704. The summed E-state index contributed by atoms with van der Waals surface area (Å²) in [5, 5.41) is 4.64. The lowest BCUT2D eigenvalue weighted by Crippen LogP contribution is -2.32. The largest absolute Gasteiger partial charge is 0.355 e. The molecule has 118 valence electrons. The molecule has 4 nitrogen and oxygen atoms in total. The van der Waals surface area contributed by atoms with Crippen molar-refractivity contribution in [3.8, 4) is 0 Å². The highest BCUT2D eigenvalue weighted by Gasteiger charge is 2.17. The maximum atomic E-state index is 12.0. The van der Waals surface area contributed by atoms with E-state index in [9.17, 15) is 13.2 Å². The molecule has 1 aromatic heterocycles. The van der Waals surface area contributed by atoms with E-state index in [0.29, 0.717) is 12.1 Å². The van der Waals surface area contributed by atoms with E-state index in [-0.39, 0.29) is 5.75 Å². The van der Waals surface area contributed by atoms with Gasteiger partial charge in [-0.3, -0.25) is 4.79 Å². The fraction of sp³-hybridized carbons (Fsp3) is 0.312. The summed E-state index contributed by atoms with van der Waals surface area (Å²) in [6.07, 6.45) is 0.724. The molecule has 1 heterocycles. The lowest BCUT2D eigenvalue weighted by molar-refractivity contribution is -0.118. The minimum Gasteiger partial charge on any atom is -0.355 e. The molecule has 1 aromatic carbocycles. The number of amides is 1. The van der Waals surface area contributed by atoms with Crippen molar-refractivity contribution < 1.29 is 13.2 Å². The van der Waals surface area contributed by atoms with Crippen molar-refractivity contribution in [1.29, 1.82) is 0 Å². The van der Waals surface area contributed by atoms with E-state index in [2.05, 4.69) is 5.32 Å². The molecule has 0 unspecified atom stereocenters. The molecule has 0 aliphatic heterocycles. The van der Waals surface area contributed by atoms with Gasteiger partial charge in [-0.25, -0.2) is 8.42 Å². The van der Waals surface area contributed by atoms with E-state index < -0.39 is 21.5 Å². The van der Waals surface area contributed by atoms with Gasteiger partial charge in [-0.15, -0.1) is 11.3 Å². The van der Waals surface area contributed by atoms with Crippen molar-refractivity contribution in [3.63, 3.8) is 0 Å². The SMILES string of the molecule is Cc1ccc(CS(=O)(=O)CC(=O)NCCc2cccs2)cc1. The Morgan fingerprint density at radius 3 is 2.55 bits per heavy atom. The topological polar surface area (TPSA) is 63.2 Å². The van der Waals surface area contributed by atoms with Crippen LogP contribution in [-0.2, 0) is 26.8 Å². The first kappa shape index (κ1) is 16.7. The zero-order chi connectivity index (χ0) is 16.0. The molecule has 0 saturated carbocycles. The molecule has 0 fully saturated rings. The maximum absolute atomic E-state index is 12.0. The predicted molar refractivity (Wildman–Crippen MR) is 89.7 cm³/mol. The van der Waals surface area contributed by atoms with E-state index in [1.807, 2.05) is 36.6 Å². The van der Waals surface area contributed by atoms with Crippen LogP contribution in [0.15, 0.2) is 41.8 Å². The van der Waals surface area contributed by atoms with Gasteiger partial charge in [-0.05, 0) is 30.4 Å². The standard InChI is InChI=1S/C16H19NO3S2/c1-13-4-6-14(7-5-13)11-22(19,20)12-16(18)17-9-8-15-3-2-10-21-15/h2-7,10H,8-9,11-12H2,1H3,(H,17,18). The van der Waals surface area contributed by atoms with E-state index in [1.165, 1.54) is 4.88 Å². The Labute approximate surface area is 135 Å². The van der Waals surface area contributed by atoms with Crippen LogP contribution in [0, 0.1) is 6.92 Å². The van der Waals surface area contributed by atoms with Gasteiger partial charge in [0.05, 0.1) is 5.75 Å². The molecule has 2 rings (SSSR count). The van der Waals surface area contributed by atoms with Crippen LogP contribution in [0.4, 0.5) is 0 Å². The number of sulfone groups is 1. The third kappa shape index (κ3) is 5.61. The average Bonchev–Trinajstić information content (AvgIpc) is 2.93. The molecule has 6 heteroatoms. The monoisotopic (exact) mass is 337 g/mol. The average molecular weight is 337 g/mol.